The van der Waals surface area contributed by atoms with Crippen LogP contribution in [-0.4, -0.2) is 58.0 Å². The number of aliphatic hydroxyl groups is 1. The molecule has 0 radical (unpaired) electrons. The molecule has 1 aromatic carbocycles. The Morgan fingerprint density at radius 3 is 2.71 bits per heavy atom. The summed E-state index contributed by atoms with van der Waals surface area (Å²) in [6, 6.07) is 5.70. The lowest BCUT2D eigenvalue weighted by molar-refractivity contribution is -0.137. The van der Waals surface area contributed by atoms with Gasteiger partial charge in [-0.3, -0.25) is 14.5 Å². The Labute approximate surface area is 166 Å². The predicted octanol–water partition coefficient (Wildman–Crippen LogP) is 2.16. The number of hydrogen-bond acceptors (Lipinski definition) is 4. The molecule has 1 atom stereocenters. The van der Waals surface area contributed by atoms with Gasteiger partial charge in [0.25, 0.3) is 0 Å². The van der Waals surface area contributed by atoms with Crippen molar-refractivity contribution in [3.8, 4) is 0 Å². The maximum atomic E-state index is 13.0. The Morgan fingerprint density at radius 2 is 2.00 bits per heavy atom. The molecule has 1 aliphatic carbocycles. The first-order valence-corrected chi connectivity index (χ1v) is 10.5. The van der Waals surface area contributed by atoms with Crippen LogP contribution in [0.25, 0.3) is 0 Å². The summed E-state index contributed by atoms with van der Waals surface area (Å²) in [5.74, 6) is 0.258. The van der Waals surface area contributed by atoms with Gasteiger partial charge in [0, 0.05) is 37.8 Å². The summed E-state index contributed by atoms with van der Waals surface area (Å²) in [5, 5.41) is 13.2. The molecule has 152 valence electrons. The van der Waals surface area contributed by atoms with Crippen molar-refractivity contribution in [3.05, 3.63) is 29.3 Å². The molecule has 2 aliphatic heterocycles. The van der Waals surface area contributed by atoms with E-state index in [1.807, 2.05) is 26.0 Å². The molecular formula is C22H31N3O3. The highest BCUT2D eigenvalue weighted by molar-refractivity contribution is 5.98. The molecule has 1 aromatic rings. The standard InChI is InChI=1S/C22H31N3O3/c1-22(2,28)14-24-12-10-17-16(13-24)5-3-6-18(17)23-20(26)19-7-4-11-25(19)21(27)15-8-9-15/h3,5-6,15,19,28H,4,7-14H2,1-2H3,(H,23,26). The zero-order valence-corrected chi connectivity index (χ0v) is 16.9. The second kappa shape index (κ2) is 7.48. The predicted molar refractivity (Wildman–Crippen MR) is 108 cm³/mol. The van der Waals surface area contributed by atoms with E-state index < -0.39 is 5.60 Å². The number of β-amino-alcohol motifs (C(OH)–C–C–N with tert-alkyl or cyclic N) is 1. The number of nitrogens with one attached hydrogen (secondary N) is 1. The molecule has 2 amide bonds. The first-order valence-electron chi connectivity index (χ1n) is 10.5. The van der Waals surface area contributed by atoms with Crippen molar-refractivity contribution < 1.29 is 14.7 Å². The molecule has 1 unspecified atom stereocenters. The van der Waals surface area contributed by atoms with E-state index in [1.165, 1.54) is 11.1 Å². The summed E-state index contributed by atoms with van der Waals surface area (Å²) in [6.07, 6.45) is 4.43. The number of benzene rings is 1. The van der Waals surface area contributed by atoms with Gasteiger partial charge >= 0.3 is 0 Å². The van der Waals surface area contributed by atoms with Crippen LogP contribution in [-0.2, 0) is 22.6 Å². The monoisotopic (exact) mass is 385 g/mol. The number of carbonyl (C=O) groups excluding carboxylic acids is 2. The van der Waals surface area contributed by atoms with E-state index >= 15 is 0 Å². The van der Waals surface area contributed by atoms with Gasteiger partial charge in [0.1, 0.15) is 6.04 Å². The van der Waals surface area contributed by atoms with Gasteiger partial charge in [0.05, 0.1) is 5.60 Å². The second-order valence-corrected chi connectivity index (χ2v) is 9.17. The molecule has 0 bridgehead atoms. The number of nitrogens with zero attached hydrogens (tertiary/aromatic N) is 2. The lowest BCUT2D eigenvalue weighted by atomic mass is 9.96. The summed E-state index contributed by atoms with van der Waals surface area (Å²) in [5.41, 5.74) is 2.53. The number of anilines is 1. The van der Waals surface area contributed by atoms with E-state index in [0.29, 0.717) is 13.1 Å². The van der Waals surface area contributed by atoms with Crippen LogP contribution in [0.4, 0.5) is 5.69 Å². The van der Waals surface area contributed by atoms with Gasteiger partial charge in [0.2, 0.25) is 11.8 Å². The normalized spacial score (nSPS) is 22.8. The van der Waals surface area contributed by atoms with Gasteiger partial charge in [-0.05, 0) is 63.1 Å². The third kappa shape index (κ3) is 4.23. The van der Waals surface area contributed by atoms with Crippen LogP contribution < -0.4 is 5.32 Å². The lowest BCUT2D eigenvalue weighted by Crippen LogP contribution is -2.44. The lowest BCUT2D eigenvalue weighted by Gasteiger charge is -2.34. The van der Waals surface area contributed by atoms with E-state index in [2.05, 4.69) is 16.3 Å². The van der Waals surface area contributed by atoms with Crippen molar-refractivity contribution in [2.45, 2.75) is 64.1 Å². The molecular weight excluding hydrogens is 354 g/mol. The molecule has 2 heterocycles. The maximum Gasteiger partial charge on any atom is 0.247 e. The van der Waals surface area contributed by atoms with Crippen molar-refractivity contribution in [3.63, 3.8) is 0 Å². The summed E-state index contributed by atoms with van der Waals surface area (Å²) in [7, 11) is 0. The molecule has 1 saturated carbocycles. The van der Waals surface area contributed by atoms with Crippen LogP contribution in [0, 0.1) is 5.92 Å². The first-order chi connectivity index (χ1) is 13.3. The Morgan fingerprint density at radius 1 is 1.21 bits per heavy atom. The maximum absolute atomic E-state index is 13.0. The van der Waals surface area contributed by atoms with E-state index in [4.69, 9.17) is 0 Å². The van der Waals surface area contributed by atoms with Gasteiger partial charge in [-0.1, -0.05) is 12.1 Å². The van der Waals surface area contributed by atoms with E-state index in [1.54, 1.807) is 4.90 Å². The Kier molecular flexibility index (Phi) is 5.19. The first kappa shape index (κ1) is 19.4. The highest BCUT2D eigenvalue weighted by atomic mass is 16.3. The van der Waals surface area contributed by atoms with Crippen LogP contribution in [0.15, 0.2) is 18.2 Å². The molecule has 1 saturated heterocycles. The second-order valence-electron chi connectivity index (χ2n) is 9.17. The number of rotatable bonds is 5. The van der Waals surface area contributed by atoms with Crippen molar-refractivity contribution in [2.24, 2.45) is 5.92 Å². The van der Waals surface area contributed by atoms with Crippen LogP contribution in [0.2, 0.25) is 0 Å². The van der Waals surface area contributed by atoms with Gasteiger partial charge in [-0.2, -0.15) is 0 Å². The summed E-state index contributed by atoms with van der Waals surface area (Å²) < 4.78 is 0. The fourth-order valence-corrected chi connectivity index (χ4v) is 4.55. The highest BCUT2D eigenvalue weighted by Crippen LogP contribution is 2.34. The Balaban J connectivity index is 1.45. The fraction of sp³-hybridized carbons (Fsp3) is 0.636. The number of fused-ring (bicyclic) bond motifs is 1. The van der Waals surface area contributed by atoms with Gasteiger partial charge in [-0.15, -0.1) is 0 Å². The molecule has 28 heavy (non-hydrogen) atoms. The Bertz CT molecular complexity index is 767. The minimum absolute atomic E-state index is 0.0566. The average Bonchev–Trinajstić information content (AvgIpc) is 3.36. The molecule has 6 heteroatoms. The zero-order chi connectivity index (χ0) is 19.9. The summed E-state index contributed by atoms with van der Waals surface area (Å²) in [4.78, 5) is 29.5. The third-order valence-electron chi connectivity index (χ3n) is 5.98. The van der Waals surface area contributed by atoms with Gasteiger partial charge < -0.3 is 15.3 Å². The minimum atomic E-state index is -0.719. The molecule has 0 spiro atoms. The van der Waals surface area contributed by atoms with Gasteiger partial charge in [-0.25, -0.2) is 0 Å². The quantitative estimate of drug-likeness (QED) is 0.815. The highest BCUT2D eigenvalue weighted by Gasteiger charge is 2.41. The third-order valence-corrected chi connectivity index (χ3v) is 5.98. The van der Waals surface area contributed by atoms with Crippen molar-refractivity contribution in [1.29, 1.82) is 0 Å². The number of carbonyl (C=O) groups is 2. The molecule has 2 fully saturated rings. The topological polar surface area (TPSA) is 72.9 Å². The van der Waals surface area contributed by atoms with Crippen LogP contribution in [0.5, 0.6) is 0 Å². The number of hydrogen-bond donors (Lipinski definition) is 2. The summed E-state index contributed by atoms with van der Waals surface area (Å²) in [6.45, 7) is 6.62. The van der Waals surface area contributed by atoms with Crippen molar-refractivity contribution in [1.82, 2.24) is 9.80 Å². The molecule has 3 aliphatic rings. The smallest absolute Gasteiger partial charge is 0.247 e. The number of likely N-dealkylation sites (tertiary alicyclic amines) is 1. The average molecular weight is 386 g/mol. The van der Waals surface area contributed by atoms with Crippen molar-refractivity contribution in [2.75, 3.05) is 25.0 Å². The molecule has 0 aromatic heterocycles. The SMILES string of the molecule is CC(C)(O)CN1CCc2c(cccc2NC(=O)C2CCCN2C(=O)C2CC2)C1. The molecule has 6 nitrogen and oxygen atoms in total. The fourth-order valence-electron chi connectivity index (χ4n) is 4.55. The molecule has 4 rings (SSSR count). The summed E-state index contributed by atoms with van der Waals surface area (Å²) >= 11 is 0. The minimum Gasteiger partial charge on any atom is -0.389 e. The molecule has 2 N–H and O–H groups in total. The van der Waals surface area contributed by atoms with Gasteiger partial charge in [0.15, 0.2) is 0 Å². The van der Waals surface area contributed by atoms with E-state index in [9.17, 15) is 14.7 Å². The Hall–Kier alpha value is -1.92. The van der Waals surface area contributed by atoms with Crippen LogP contribution in [0.3, 0.4) is 0 Å². The van der Waals surface area contributed by atoms with Crippen molar-refractivity contribution >= 4 is 17.5 Å². The zero-order valence-electron chi connectivity index (χ0n) is 16.9. The van der Waals surface area contributed by atoms with Crippen LogP contribution >= 0.6 is 0 Å². The van der Waals surface area contributed by atoms with E-state index in [-0.39, 0.29) is 23.8 Å². The van der Waals surface area contributed by atoms with E-state index in [0.717, 1.165) is 50.9 Å². The van der Waals surface area contributed by atoms with Crippen LogP contribution in [0.1, 0.15) is 50.7 Å². The largest absolute Gasteiger partial charge is 0.389 e. The number of amides is 2.